The van der Waals surface area contributed by atoms with Gasteiger partial charge in [0.2, 0.25) is 0 Å². The Bertz CT molecular complexity index is 974. The van der Waals surface area contributed by atoms with Crippen LogP contribution in [-0.2, 0) is 4.79 Å². The lowest BCUT2D eigenvalue weighted by atomic mass is 9.73. The molecular formula is C19H19FN4O2. The second kappa shape index (κ2) is 5.52. The van der Waals surface area contributed by atoms with Crippen molar-refractivity contribution in [2.75, 3.05) is 5.32 Å². The van der Waals surface area contributed by atoms with Crippen molar-refractivity contribution in [2.45, 2.75) is 32.7 Å². The molecule has 1 aliphatic carbocycles. The molecule has 1 aromatic carbocycles. The summed E-state index contributed by atoms with van der Waals surface area (Å²) in [5.41, 5.74) is 6.99. The van der Waals surface area contributed by atoms with Gasteiger partial charge in [0.15, 0.2) is 5.78 Å². The number of amides is 1. The van der Waals surface area contributed by atoms with Gasteiger partial charge in [-0.15, -0.1) is 0 Å². The van der Waals surface area contributed by atoms with E-state index in [1.165, 1.54) is 16.9 Å². The zero-order chi connectivity index (χ0) is 18.6. The van der Waals surface area contributed by atoms with Crippen LogP contribution in [0, 0.1) is 11.2 Å². The number of allylic oxidation sites excluding steroid dienone is 2. The van der Waals surface area contributed by atoms with Gasteiger partial charge in [-0.05, 0) is 17.9 Å². The molecule has 0 spiro atoms. The maximum absolute atomic E-state index is 14.6. The van der Waals surface area contributed by atoms with Gasteiger partial charge in [0.25, 0.3) is 5.91 Å². The summed E-state index contributed by atoms with van der Waals surface area (Å²) in [5, 5.41) is 7.41. The van der Waals surface area contributed by atoms with Gasteiger partial charge in [0.05, 0.1) is 6.20 Å². The lowest BCUT2D eigenvalue weighted by molar-refractivity contribution is -0.118. The summed E-state index contributed by atoms with van der Waals surface area (Å²) in [4.78, 5) is 24.7. The number of primary amides is 1. The molecule has 2 heterocycles. The Morgan fingerprint density at radius 1 is 1.35 bits per heavy atom. The molecule has 3 N–H and O–H groups in total. The lowest BCUT2D eigenvalue weighted by Crippen LogP contribution is -2.37. The molecule has 7 heteroatoms. The minimum absolute atomic E-state index is 0.0428. The molecular weight excluding hydrogens is 335 g/mol. The number of halogens is 1. The molecule has 2 aliphatic rings. The van der Waals surface area contributed by atoms with Crippen molar-refractivity contribution >= 4 is 17.5 Å². The summed E-state index contributed by atoms with van der Waals surface area (Å²) in [6.07, 6.45) is 2.34. The van der Waals surface area contributed by atoms with E-state index in [2.05, 4.69) is 10.4 Å². The number of nitrogens with one attached hydrogen (secondary N) is 1. The Hall–Kier alpha value is -2.96. The molecule has 0 saturated carbocycles. The molecule has 2 aromatic rings. The van der Waals surface area contributed by atoms with Crippen molar-refractivity contribution in [3.05, 3.63) is 58.7 Å². The number of carbonyl (C=O) groups excluding carboxylic acids is 2. The van der Waals surface area contributed by atoms with E-state index in [4.69, 9.17) is 5.73 Å². The normalized spacial score (nSPS) is 21.0. The van der Waals surface area contributed by atoms with Crippen molar-refractivity contribution in [3.8, 4) is 0 Å². The fourth-order valence-corrected chi connectivity index (χ4v) is 3.88. The monoisotopic (exact) mass is 354 g/mol. The third-order valence-corrected chi connectivity index (χ3v) is 4.97. The molecule has 0 radical (unpaired) electrons. The average Bonchev–Trinajstić information content (AvgIpc) is 2.96. The molecule has 0 unspecified atom stereocenters. The van der Waals surface area contributed by atoms with Gasteiger partial charge >= 0.3 is 0 Å². The number of anilines is 1. The largest absolute Gasteiger partial charge is 0.365 e. The summed E-state index contributed by atoms with van der Waals surface area (Å²) in [5.74, 6) is -0.698. The zero-order valence-electron chi connectivity index (χ0n) is 14.5. The summed E-state index contributed by atoms with van der Waals surface area (Å²) >= 11 is 0. The Labute approximate surface area is 149 Å². The summed E-state index contributed by atoms with van der Waals surface area (Å²) in [7, 11) is 0. The third kappa shape index (κ3) is 2.42. The number of Topliss-reactive ketones (excluding diaryl/α,β-unsaturated/α-hetero) is 1. The smallest absolute Gasteiger partial charge is 0.254 e. The van der Waals surface area contributed by atoms with E-state index in [9.17, 15) is 14.0 Å². The van der Waals surface area contributed by atoms with Crippen molar-refractivity contribution in [2.24, 2.45) is 11.1 Å². The highest BCUT2D eigenvalue weighted by molar-refractivity contribution is 6.02. The van der Waals surface area contributed by atoms with E-state index in [0.29, 0.717) is 35.5 Å². The predicted molar refractivity (Wildman–Crippen MR) is 94.0 cm³/mol. The molecule has 1 amide bonds. The van der Waals surface area contributed by atoms with E-state index in [-0.39, 0.29) is 16.8 Å². The molecule has 26 heavy (non-hydrogen) atoms. The van der Waals surface area contributed by atoms with E-state index < -0.39 is 17.8 Å². The van der Waals surface area contributed by atoms with Crippen LogP contribution in [0.15, 0.2) is 41.7 Å². The molecule has 1 aliphatic heterocycles. The van der Waals surface area contributed by atoms with E-state index in [1.807, 2.05) is 13.8 Å². The third-order valence-electron chi connectivity index (χ3n) is 4.97. The van der Waals surface area contributed by atoms with Crippen LogP contribution >= 0.6 is 0 Å². The Kier molecular flexibility index (Phi) is 3.50. The van der Waals surface area contributed by atoms with E-state index in [1.54, 1.807) is 18.2 Å². The van der Waals surface area contributed by atoms with Crippen molar-refractivity contribution in [1.82, 2.24) is 9.78 Å². The first-order valence-corrected chi connectivity index (χ1v) is 8.43. The van der Waals surface area contributed by atoms with Crippen LogP contribution in [-0.4, -0.2) is 21.5 Å². The Balaban J connectivity index is 1.97. The highest BCUT2D eigenvalue weighted by Crippen LogP contribution is 2.46. The number of nitrogens with zero attached hydrogens (tertiary/aromatic N) is 2. The number of carbonyl (C=O) groups is 2. The topological polar surface area (TPSA) is 90.0 Å². The quantitative estimate of drug-likeness (QED) is 0.868. The first-order valence-electron chi connectivity index (χ1n) is 8.43. The molecule has 0 fully saturated rings. The fourth-order valence-electron chi connectivity index (χ4n) is 3.88. The molecule has 6 nitrogen and oxygen atoms in total. The van der Waals surface area contributed by atoms with Crippen molar-refractivity contribution < 1.29 is 14.0 Å². The maximum Gasteiger partial charge on any atom is 0.254 e. The number of hydrogen-bond acceptors (Lipinski definition) is 4. The van der Waals surface area contributed by atoms with Crippen molar-refractivity contribution in [3.63, 3.8) is 0 Å². The number of rotatable bonds is 2. The van der Waals surface area contributed by atoms with Gasteiger partial charge in [-0.2, -0.15) is 5.10 Å². The van der Waals surface area contributed by atoms with Crippen LogP contribution in [0.5, 0.6) is 0 Å². The SMILES string of the molecule is CC1(C)CC(=O)C2=C(C1)Nc1c(C(N)=O)cnn1[C@@H]2c1ccccc1F. The second-order valence-corrected chi connectivity index (χ2v) is 7.60. The summed E-state index contributed by atoms with van der Waals surface area (Å²) < 4.78 is 16.1. The van der Waals surface area contributed by atoms with Gasteiger partial charge in [-0.25, -0.2) is 9.07 Å². The minimum Gasteiger partial charge on any atom is -0.365 e. The number of hydrogen-bond donors (Lipinski definition) is 2. The van der Waals surface area contributed by atoms with Gasteiger partial charge < -0.3 is 11.1 Å². The Morgan fingerprint density at radius 3 is 2.77 bits per heavy atom. The van der Waals surface area contributed by atoms with Crippen LogP contribution in [0.4, 0.5) is 10.2 Å². The first-order chi connectivity index (χ1) is 12.3. The molecule has 134 valence electrons. The number of ketones is 1. The Morgan fingerprint density at radius 2 is 2.08 bits per heavy atom. The number of nitrogens with two attached hydrogens (primary N) is 1. The van der Waals surface area contributed by atoms with Gasteiger partial charge in [0, 0.05) is 23.3 Å². The molecule has 4 rings (SSSR count). The lowest BCUT2D eigenvalue weighted by Gasteiger charge is -2.39. The zero-order valence-corrected chi connectivity index (χ0v) is 14.5. The summed E-state index contributed by atoms with van der Waals surface area (Å²) in [6, 6.07) is 5.58. The second-order valence-electron chi connectivity index (χ2n) is 7.60. The average molecular weight is 354 g/mol. The number of benzene rings is 1. The van der Waals surface area contributed by atoms with Crippen molar-refractivity contribution in [1.29, 1.82) is 0 Å². The number of fused-ring (bicyclic) bond motifs is 1. The van der Waals surface area contributed by atoms with Gasteiger partial charge in [0.1, 0.15) is 23.2 Å². The summed E-state index contributed by atoms with van der Waals surface area (Å²) in [6.45, 7) is 4.02. The standard InChI is InChI=1S/C19H19FN4O2/c1-19(2)7-13-15(14(25)8-19)16(10-5-3-4-6-12(10)20)24-18(23-13)11(9-22-24)17(21)26/h3-6,9,16,23H,7-8H2,1-2H3,(H2,21,26)/t16-/m1/s1. The minimum atomic E-state index is -0.723. The van der Waals surface area contributed by atoms with E-state index >= 15 is 0 Å². The van der Waals surface area contributed by atoms with Crippen LogP contribution in [0.1, 0.15) is 48.7 Å². The fraction of sp³-hybridized carbons (Fsp3) is 0.316. The maximum atomic E-state index is 14.6. The van der Waals surface area contributed by atoms with Crippen LogP contribution in [0.3, 0.4) is 0 Å². The molecule has 0 bridgehead atoms. The molecule has 0 saturated heterocycles. The highest BCUT2D eigenvalue weighted by Gasteiger charge is 2.42. The number of aromatic nitrogens is 2. The van der Waals surface area contributed by atoms with E-state index in [0.717, 1.165) is 0 Å². The molecule has 1 atom stereocenters. The first kappa shape index (κ1) is 16.5. The predicted octanol–water partition coefficient (Wildman–Crippen LogP) is 2.78. The molecule has 1 aromatic heterocycles. The van der Waals surface area contributed by atoms with Crippen LogP contribution in [0.25, 0.3) is 0 Å². The highest BCUT2D eigenvalue weighted by atomic mass is 19.1. The van der Waals surface area contributed by atoms with Crippen LogP contribution < -0.4 is 11.1 Å². The van der Waals surface area contributed by atoms with Crippen LogP contribution in [0.2, 0.25) is 0 Å². The van der Waals surface area contributed by atoms with Gasteiger partial charge in [-0.3, -0.25) is 9.59 Å². The van der Waals surface area contributed by atoms with Gasteiger partial charge in [-0.1, -0.05) is 32.0 Å².